The van der Waals surface area contributed by atoms with E-state index in [-0.39, 0.29) is 29.5 Å². The van der Waals surface area contributed by atoms with Crippen LogP contribution in [0.5, 0.6) is 11.5 Å². The fourth-order valence-corrected chi connectivity index (χ4v) is 2.71. The summed E-state index contributed by atoms with van der Waals surface area (Å²) in [7, 11) is 0. The molecular weight excluding hydrogens is 373 g/mol. The maximum Gasteiger partial charge on any atom is 0.418 e. The third-order valence-electron chi connectivity index (χ3n) is 4.08. The molecule has 1 aromatic heterocycles. The first-order chi connectivity index (χ1) is 13.4. The molecule has 3 aromatic rings. The number of carbonyl (C=O) groups is 1. The minimum absolute atomic E-state index is 0.0247. The van der Waals surface area contributed by atoms with Crippen molar-refractivity contribution in [3.63, 3.8) is 0 Å². The van der Waals surface area contributed by atoms with Crippen LogP contribution in [-0.4, -0.2) is 10.9 Å². The van der Waals surface area contributed by atoms with Crippen molar-refractivity contribution in [2.45, 2.75) is 12.8 Å². The number of benzene rings is 2. The van der Waals surface area contributed by atoms with Gasteiger partial charge in [0.05, 0.1) is 11.1 Å². The van der Waals surface area contributed by atoms with Crippen LogP contribution < -0.4 is 9.80 Å². The number of nitrogens with zero attached hydrogens (tertiary/aromatic N) is 2. The molecule has 1 aliphatic heterocycles. The summed E-state index contributed by atoms with van der Waals surface area (Å²) >= 11 is 0. The smallest absolute Gasteiger partial charge is 0.418 e. The molecule has 0 radical (unpaired) electrons. The highest BCUT2D eigenvalue weighted by molar-refractivity contribution is 6.07. The number of fused-ring (bicyclic) bond motifs is 2. The van der Waals surface area contributed by atoms with E-state index in [2.05, 4.69) is 4.98 Å². The largest absolute Gasteiger partial charge is 0.453 e. The SMILES string of the molecule is O=C1c2ccccc2Oc2cc(C(F)(F)F)cnc2N1OCc1ccccc1. The number of anilines is 1. The fraction of sp³-hybridized carbons (Fsp3) is 0.100. The fourth-order valence-electron chi connectivity index (χ4n) is 2.71. The number of para-hydroxylation sites is 1. The van der Waals surface area contributed by atoms with E-state index >= 15 is 0 Å². The second-order valence-electron chi connectivity index (χ2n) is 6.00. The lowest BCUT2D eigenvalue weighted by atomic mass is 10.2. The summed E-state index contributed by atoms with van der Waals surface area (Å²) in [4.78, 5) is 22.4. The van der Waals surface area contributed by atoms with Crippen molar-refractivity contribution in [2.75, 3.05) is 5.06 Å². The maximum absolute atomic E-state index is 13.1. The van der Waals surface area contributed by atoms with Gasteiger partial charge in [-0.2, -0.15) is 18.2 Å². The molecule has 0 atom stereocenters. The summed E-state index contributed by atoms with van der Waals surface area (Å²) in [6.45, 7) is 0.0247. The molecule has 0 saturated carbocycles. The zero-order chi connectivity index (χ0) is 19.7. The van der Waals surface area contributed by atoms with Gasteiger partial charge in [0.2, 0.25) is 5.82 Å². The molecule has 0 saturated heterocycles. The molecule has 1 amide bonds. The Kier molecular flexibility index (Phi) is 4.48. The summed E-state index contributed by atoms with van der Waals surface area (Å²) in [6, 6.07) is 16.1. The van der Waals surface area contributed by atoms with Crippen molar-refractivity contribution in [2.24, 2.45) is 0 Å². The first-order valence-corrected chi connectivity index (χ1v) is 8.29. The number of carbonyl (C=O) groups excluding carboxylic acids is 1. The Hall–Kier alpha value is -3.39. The lowest BCUT2D eigenvalue weighted by molar-refractivity contribution is -0.137. The van der Waals surface area contributed by atoms with Crippen LogP contribution in [0.4, 0.5) is 19.0 Å². The summed E-state index contributed by atoms with van der Waals surface area (Å²) < 4.78 is 44.9. The maximum atomic E-state index is 13.1. The van der Waals surface area contributed by atoms with Gasteiger partial charge < -0.3 is 4.74 Å². The minimum atomic E-state index is -4.60. The average Bonchev–Trinajstić information content (AvgIpc) is 2.80. The number of halogens is 3. The van der Waals surface area contributed by atoms with Gasteiger partial charge in [-0.05, 0) is 23.8 Å². The Balaban J connectivity index is 1.77. The molecule has 5 nitrogen and oxygen atoms in total. The topological polar surface area (TPSA) is 51.7 Å². The van der Waals surface area contributed by atoms with Gasteiger partial charge in [-0.3, -0.25) is 9.63 Å². The number of hydrogen-bond acceptors (Lipinski definition) is 4. The van der Waals surface area contributed by atoms with E-state index in [1.807, 2.05) is 18.2 Å². The number of aromatic nitrogens is 1. The van der Waals surface area contributed by atoms with Crippen LogP contribution in [0.15, 0.2) is 66.9 Å². The monoisotopic (exact) mass is 386 g/mol. The van der Waals surface area contributed by atoms with Gasteiger partial charge in [-0.25, -0.2) is 4.98 Å². The van der Waals surface area contributed by atoms with Crippen LogP contribution in [0.25, 0.3) is 0 Å². The molecule has 0 aliphatic carbocycles. The molecule has 142 valence electrons. The van der Waals surface area contributed by atoms with Crippen LogP contribution in [-0.2, 0) is 17.6 Å². The van der Waals surface area contributed by atoms with E-state index in [1.165, 1.54) is 12.1 Å². The Morgan fingerprint density at radius 1 is 1.00 bits per heavy atom. The third kappa shape index (κ3) is 3.41. The highest BCUT2D eigenvalue weighted by atomic mass is 19.4. The van der Waals surface area contributed by atoms with Crippen molar-refractivity contribution in [1.82, 2.24) is 4.98 Å². The Bertz CT molecular complexity index is 1020. The van der Waals surface area contributed by atoms with Crippen molar-refractivity contribution in [3.8, 4) is 11.5 Å². The van der Waals surface area contributed by atoms with Crippen molar-refractivity contribution < 1.29 is 27.5 Å². The molecular formula is C20H13F3N2O3. The van der Waals surface area contributed by atoms with Crippen LogP contribution >= 0.6 is 0 Å². The van der Waals surface area contributed by atoms with E-state index in [4.69, 9.17) is 9.57 Å². The molecule has 2 aromatic carbocycles. The normalized spacial score (nSPS) is 13.4. The van der Waals surface area contributed by atoms with Crippen LogP contribution in [0.3, 0.4) is 0 Å². The Morgan fingerprint density at radius 3 is 2.46 bits per heavy atom. The van der Waals surface area contributed by atoms with Gasteiger partial charge in [0.1, 0.15) is 12.4 Å². The van der Waals surface area contributed by atoms with E-state index < -0.39 is 17.6 Å². The molecule has 2 heterocycles. The average molecular weight is 386 g/mol. The summed E-state index contributed by atoms with van der Waals surface area (Å²) in [5.74, 6) is -0.829. The predicted octanol–water partition coefficient (Wildman–Crippen LogP) is 4.98. The van der Waals surface area contributed by atoms with Gasteiger partial charge in [0, 0.05) is 6.20 Å². The molecule has 1 aliphatic rings. The van der Waals surface area contributed by atoms with Crippen LogP contribution in [0, 0.1) is 0 Å². The van der Waals surface area contributed by atoms with Crippen LogP contribution in [0.2, 0.25) is 0 Å². The number of alkyl halides is 3. The zero-order valence-corrected chi connectivity index (χ0v) is 14.3. The summed E-state index contributed by atoms with van der Waals surface area (Å²) in [5.41, 5.74) is -0.0505. The number of hydroxylamine groups is 1. The van der Waals surface area contributed by atoms with Crippen molar-refractivity contribution in [1.29, 1.82) is 0 Å². The first kappa shape index (κ1) is 18.0. The van der Waals surface area contributed by atoms with Gasteiger partial charge in [0.15, 0.2) is 5.75 Å². The van der Waals surface area contributed by atoms with E-state index in [9.17, 15) is 18.0 Å². The number of rotatable bonds is 3. The first-order valence-electron chi connectivity index (χ1n) is 8.29. The molecule has 0 spiro atoms. The molecule has 0 unspecified atom stereocenters. The lowest BCUT2D eigenvalue weighted by Crippen LogP contribution is -2.31. The second kappa shape index (κ2) is 6.97. The molecule has 28 heavy (non-hydrogen) atoms. The molecule has 4 rings (SSSR count). The van der Waals surface area contributed by atoms with E-state index in [0.29, 0.717) is 6.20 Å². The highest BCUT2D eigenvalue weighted by Crippen LogP contribution is 2.41. The lowest BCUT2D eigenvalue weighted by Gasteiger charge is -2.20. The highest BCUT2D eigenvalue weighted by Gasteiger charge is 2.36. The minimum Gasteiger partial charge on any atom is -0.453 e. The van der Waals surface area contributed by atoms with Crippen molar-refractivity contribution >= 4 is 11.7 Å². The standard InChI is InChI=1S/C20H13F3N2O3/c21-20(22,23)14-10-17-18(24-11-14)25(27-12-13-6-2-1-3-7-13)19(26)15-8-4-5-9-16(15)28-17/h1-11H,12H2. The number of pyridine rings is 1. The van der Waals surface area contributed by atoms with Gasteiger partial charge in [-0.1, -0.05) is 42.5 Å². The van der Waals surface area contributed by atoms with E-state index in [1.54, 1.807) is 24.3 Å². The predicted molar refractivity (Wildman–Crippen MR) is 93.8 cm³/mol. The van der Waals surface area contributed by atoms with Crippen molar-refractivity contribution in [3.05, 3.63) is 83.6 Å². The summed E-state index contributed by atoms with van der Waals surface area (Å²) in [5, 5.41) is 0.869. The molecule has 0 N–H and O–H groups in total. The van der Waals surface area contributed by atoms with Gasteiger partial charge in [-0.15, -0.1) is 0 Å². The third-order valence-corrected chi connectivity index (χ3v) is 4.08. The van der Waals surface area contributed by atoms with Gasteiger partial charge >= 0.3 is 6.18 Å². The van der Waals surface area contributed by atoms with Crippen LogP contribution in [0.1, 0.15) is 21.5 Å². The molecule has 8 heteroatoms. The quantitative estimate of drug-likeness (QED) is 0.637. The Labute approximate surface area is 157 Å². The Morgan fingerprint density at radius 2 is 1.71 bits per heavy atom. The van der Waals surface area contributed by atoms with Gasteiger partial charge in [0.25, 0.3) is 5.91 Å². The van der Waals surface area contributed by atoms with E-state index in [0.717, 1.165) is 16.7 Å². The second-order valence-corrected chi connectivity index (χ2v) is 6.00. The molecule has 0 fully saturated rings. The number of ether oxygens (including phenoxy) is 1. The number of hydrogen-bond donors (Lipinski definition) is 0. The summed E-state index contributed by atoms with van der Waals surface area (Å²) in [6.07, 6.45) is -3.96. The zero-order valence-electron chi connectivity index (χ0n) is 14.3. The molecule has 0 bridgehead atoms. The number of amides is 1.